The van der Waals surface area contributed by atoms with Crippen molar-refractivity contribution in [1.82, 2.24) is 15.5 Å². The van der Waals surface area contributed by atoms with Crippen molar-refractivity contribution in [1.29, 1.82) is 0 Å². The van der Waals surface area contributed by atoms with Gasteiger partial charge in [0.2, 0.25) is 0 Å². The zero-order chi connectivity index (χ0) is 13.7. The molecule has 0 unspecified atom stereocenters. The standard InChI is InChI=1S/C14H23N3OS/c1-11(2)9-16-14(18)15-5-7-17-6-3-13-12(10-17)4-8-19-13/h4,8,11H,3,5-7,9-10H2,1-2H3,(H2,15,16,18). The molecule has 0 aromatic carbocycles. The summed E-state index contributed by atoms with van der Waals surface area (Å²) in [6, 6.07) is 2.16. The first-order chi connectivity index (χ1) is 9.15. The zero-order valence-electron chi connectivity index (χ0n) is 11.7. The van der Waals surface area contributed by atoms with Crippen LogP contribution in [0.4, 0.5) is 4.79 Å². The van der Waals surface area contributed by atoms with E-state index in [1.807, 2.05) is 11.3 Å². The van der Waals surface area contributed by atoms with Crippen molar-refractivity contribution >= 4 is 17.4 Å². The SMILES string of the molecule is CC(C)CNC(=O)NCCN1CCc2sccc2C1. The molecule has 1 aromatic rings. The molecule has 1 aromatic heterocycles. The van der Waals surface area contributed by atoms with Crippen molar-refractivity contribution in [2.75, 3.05) is 26.2 Å². The molecular weight excluding hydrogens is 258 g/mol. The molecule has 1 aliphatic heterocycles. The Balaban J connectivity index is 1.63. The Hall–Kier alpha value is -1.07. The van der Waals surface area contributed by atoms with Crippen LogP contribution in [0.1, 0.15) is 24.3 Å². The number of urea groups is 1. The molecule has 0 saturated carbocycles. The monoisotopic (exact) mass is 281 g/mol. The van der Waals surface area contributed by atoms with Gasteiger partial charge in [-0.3, -0.25) is 4.90 Å². The number of carbonyl (C=O) groups is 1. The van der Waals surface area contributed by atoms with Crippen LogP contribution >= 0.6 is 11.3 Å². The van der Waals surface area contributed by atoms with Crippen molar-refractivity contribution < 1.29 is 4.79 Å². The van der Waals surface area contributed by atoms with Crippen LogP contribution in [0.2, 0.25) is 0 Å². The van der Waals surface area contributed by atoms with Crippen LogP contribution in [0.15, 0.2) is 11.4 Å². The second kappa shape index (κ2) is 6.91. The molecule has 0 fully saturated rings. The van der Waals surface area contributed by atoms with E-state index in [0.29, 0.717) is 12.5 Å². The lowest BCUT2D eigenvalue weighted by molar-refractivity contribution is 0.230. The fourth-order valence-corrected chi connectivity index (χ4v) is 3.07. The highest BCUT2D eigenvalue weighted by atomic mass is 32.1. The van der Waals surface area contributed by atoms with E-state index >= 15 is 0 Å². The molecule has 2 rings (SSSR count). The lowest BCUT2D eigenvalue weighted by Crippen LogP contribution is -2.42. The van der Waals surface area contributed by atoms with Gasteiger partial charge >= 0.3 is 6.03 Å². The molecule has 0 aliphatic carbocycles. The van der Waals surface area contributed by atoms with Gasteiger partial charge in [0, 0.05) is 37.6 Å². The maximum absolute atomic E-state index is 11.5. The number of rotatable bonds is 5. The van der Waals surface area contributed by atoms with Crippen molar-refractivity contribution in [3.05, 3.63) is 21.9 Å². The third-order valence-electron chi connectivity index (χ3n) is 3.27. The van der Waals surface area contributed by atoms with Gasteiger partial charge in [0.15, 0.2) is 0 Å². The van der Waals surface area contributed by atoms with E-state index in [-0.39, 0.29) is 6.03 Å². The highest BCUT2D eigenvalue weighted by molar-refractivity contribution is 7.10. The van der Waals surface area contributed by atoms with E-state index in [2.05, 4.69) is 40.8 Å². The number of fused-ring (bicyclic) bond motifs is 1. The molecule has 0 saturated heterocycles. The van der Waals surface area contributed by atoms with E-state index < -0.39 is 0 Å². The molecule has 106 valence electrons. The third kappa shape index (κ3) is 4.51. The summed E-state index contributed by atoms with van der Waals surface area (Å²) in [4.78, 5) is 15.4. The highest BCUT2D eigenvalue weighted by Crippen LogP contribution is 2.23. The first-order valence-electron chi connectivity index (χ1n) is 6.94. The van der Waals surface area contributed by atoms with Crippen LogP contribution in [0.3, 0.4) is 0 Å². The molecular formula is C14H23N3OS. The van der Waals surface area contributed by atoms with Crippen molar-refractivity contribution in [3.63, 3.8) is 0 Å². The molecule has 1 aliphatic rings. The van der Waals surface area contributed by atoms with E-state index in [9.17, 15) is 4.79 Å². The summed E-state index contributed by atoms with van der Waals surface area (Å²) in [5.74, 6) is 0.491. The zero-order valence-corrected chi connectivity index (χ0v) is 12.6. The van der Waals surface area contributed by atoms with Gasteiger partial charge in [-0.05, 0) is 29.3 Å². The molecule has 0 radical (unpaired) electrons. The third-order valence-corrected chi connectivity index (χ3v) is 4.29. The summed E-state index contributed by atoms with van der Waals surface area (Å²) in [5, 5.41) is 7.95. The minimum Gasteiger partial charge on any atom is -0.338 e. The summed E-state index contributed by atoms with van der Waals surface area (Å²) < 4.78 is 0. The maximum Gasteiger partial charge on any atom is 0.314 e. The molecule has 2 heterocycles. The number of nitrogens with one attached hydrogen (secondary N) is 2. The average Bonchev–Trinajstić information content (AvgIpc) is 2.83. The Bertz CT molecular complexity index is 417. The van der Waals surface area contributed by atoms with Crippen LogP contribution in [0.25, 0.3) is 0 Å². The lowest BCUT2D eigenvalue weighted by atomic mass is 10.1. The van der Waals surface area contributed by atoms with Crippen LogP contribution in [-0.2, 0) is 13.0 Å². The highest BCUT2D eigenvalue weighted by Gasteiger charge is 2.16. The lowest BCUT2D eigenvalue weighted by Gasteiger charge is -2.26. The predicted molar refractivity (Wildman–Crippen MR) is 79.5 cm³/mol. The number of hydrogen-bond acceptors (Lipinski definition) is 3. The fraction of sp³-hybridized carbons (Fsp3) is 0.643. The first-order valence-corrected chi connectivity index (χ1v) is 7.82. The topological polar surface area (TPSA) is 44.4 Å². The van der Waals surface area contributed by atoms with Gasteiger partial charge in [0.25, 0.3) is 0 Å². The predicted octanol–water partition coefficient (Wildman–Crippen LogP) is 2.06. The Morgan fingerprint density at radius 3 is 3.11 bits per heavy atom. The fourth-order valence-electron chi connectivity index (χ4n) is 2.18. The quantitative estimate of drug-likeness (QED) is 0.868. The number of thiophene rings is 1. The largest absolute Gasteiger partial charge is 0.338 e. The van der Waals surface area contributed by atoms with Crippen molar-refractivity contribution in [2.24, 2.45) is 5.92 Å². The molecule has 0 bridgehead atoms. The maximum atomic E-state index is 11.5. The van der Waals surface area contributed by atoms with Crippen LogP contribution in [-0.4, -0.2) is 37.1 Å². The summed E-state index contributed by atoms with van der Waals surface area (Å²) in [5.41, 5.74) is 1.46. The van der Waals surface area contributed by atoms with Gasteiger partial charge in [0.1, 0.15) is 0 Å². The molecule has 0 atom stereocenters. The molecule has 2 amide bonds. The number of nitrogens with zero attached hydrogens (tertiary/aromatic N) is 1. The van der Waals surface area contributed by atoms with Gasteiger partial charge in [-0.2, -0.15) is 0 Å². The second-order valence-corrected chi connectivity index (χ2v) is 6.43. The molecule has 0 spiro atoms. The van der Waals surface area contributed by atoms with E-state index in [1.54, 1.807) is 0 Å². The Morgan fingerprint density at radius 2 is 2.32 bits per heavy atom. The summed E-state index contributed by atoms with van der Waals surface area (Å²) in [6.45, 7) is 8.66. The molecule has 19 heavy (non-hydrogen) atoms. The van der Waals surface area contributed by atoms with E-state index in [1.165, 1.54) is 10.4 Å². The Labute approximate surface area is 119 Å². The van der Waals surface area contributed by atoms with Gasteiger partial charge in [-0.15, -0.1) is 11.3 Å². The smallest absolute Gasteiger partial charge is 0.314 e. The summed E-state index contributed by atoms with van der Waals surface area (Å²) in [6.07, 6.45) is 1.15. The number of amides is 2. The van der Waals surface area contributed by atoms with Crippen molar-refractivity contribution in [2.45, 2.75) is 26.8 Å². The molecule has 4 nitrogen and oxygen atoms in total. The second-order valence-electron chi connectivity index (χ2n) is 5.43. The van der Waals surface area contributed by atoms with Gasteiger partial charge in [0.05, 0.1) is 0 Å². The number of hydrogen-bond donors (Lipinski definition) is 2. The molecule has 5 heteroatoms. The molecule has 2 N–H and O–H groups in total. The first kappa shape index (κ1) is 14.3. The average molecular weight is 281 g/mol. The van der Waals surface area contributed by atoms with Gasteiger partial charge in [-0.1, -0.05) is 13.8 Å². The van der Waals surface area contributed by atoms with Crippen molar-refractivity contribution in [3.8, 4) is 0 Å². The normalized spacial score (nSPS) is 15.3. The Kier molecular flexibility index (Phi) is 5.22. The number of carbonyl (C=O) groups excluding carboxylic acids is 1. The van der Waals surface area contributed by atoms with Crippen LogP contribution < -0.4 is 10.6 Å². The summed E-state index contributed by atoms with van der Waals surface area (Å²) >= 11 is 1.86. The van der Waals surface area contributed by atoms with Gasteiger partial charge in [-0.25, -0.2) is 4.79 Å². The summed E-state index contributed by atoms with van der Waals surface area (Å²) in [7, 11) is 0. The minimum atomic E-state index is -0.0538. The van der Waals surface area contributed by atoms with Crippen LogP contribution in [0.5, 0.6) is 0 Å². The van der Waals surface area contributed by atoms with Gasteiger partial charge < -0.3 is 10.6 Å². The Morgan fingerprint density at radius 1 is 1.47 bits per heavy atom. The minimum absolute atomic E-state index is 0.0538. The van der Waals surface area contributed by atoms with Crippen LogP contribution in [0, 0.1) is 5.92 Å². The van der Waals surface area contributed by atoms with E-state index in [4.69, 9.17) is 0 Å². The van der Waals surface area contributed by atoms with E-state index in [0.717, 1.165) is 32.6 Å².